The summed E-state index contributed by atoms with van der Waals surface area (Å²) in [6.45, 7) is 2.94. The third-order valence-corrected chi connectivity index (χ3v) is 3.48. The first-order valence-corrected chi connectivity index (χ1v) is 6.71. The van der Waals surface area contributed by atoms with E-state index >= 15 is 0 Å². The maximum atomic E-state index is 5.73. The summed E-state index contributed by atoms with van der Waals surface area (Å²) in [4.78, 5) is 0. The van der Waals surface area contributed by atoms with E-state index in [0.29, 0.717) is 0 Å². The van der Waals surface area contributed by atoms with Crippen LogP contribution in [-0.2, 0) is 13.0 Å². The van der Waals surface area contributed by atoms with E-state index < -0.39 is 0 Å². The lowest BCUT2D eigenvalue weighted by molar-refractivity contribution is 0.554. The summed E-state index contributed by atoms with van der Waals surface area (Å²) in [7, 11) is 0. The first-order valence-electron chi connectivity index (χ1n) is 6.71. The van der Waals surface area contributed by atoms with E-state index in [1.54, 1.807) is 0 Å². The van der Waals surface area contributed by atoms with E-state index in [-0.39, 0.29) is 6.04 Å². The maximum Gasteiger partial charge on any atom is 0.0710 e. The van der Waals surface area contributed by atoms with Crippen molar-refractivity contribution in [1.82, 2.24) is 24.8 Å². The van der Waals surface area contributed by atoms with Crippen LogP contribution in [-0.4, -0.2) is 19.4 Å². The molecule has 0 aromatic carbocycles. The average molecular weight is 270 g/mol. The minimum Gasteiger partial charge on any atom is -0.273 e. The Morgan fingerprint density at radius 2 is 2.20 bits per heavy atom. The lowest BCUT2D eigenvalue weighted by Gasteiger charge is -2.13. The van der Waals surface area contributed by atoms with Crippen molar-refractivity contribution in [3.05, 3.63) is 54.1 Å². The lowest BCUT2D eigenvalue weighted by Crippen LogP contribution is -2.29. The van der Waals surface area contributed by atoms with Crippen LogP contribution in [0.4, 0.5) is 0 Å². The Bertz CT molecular complexity index is 698. The molecule has 0 fully saturated rings. The SMILES string of the molecule is CCn1cc(CC(NN)c2cnn3ccccc23)cn1. The smallest absolute Gasteiger partial charge is 0.0710 e. The molecule has 0 amide bonds. The summed E-state index contributed by atoms with van der Waals surface area (Å²) in [5.41, 5.74) is 6.20. The Morgan fingerprint density at radius 1 is 1.30 bits per heavy atom. The van der Waals surface area contributed by atoms with Crippen molar-refractivity contribution in [1.29, 1.82) is 0 Å². The van der Waals surface area contributed by atoms with Gasteiger partial charge in [0.25, 0.3) is 0 Å². The minimum absolute atomic E-state index is 0.0180. The van der Waals surface area contributed by atoms with E-state index in [1.807, 2.05) is 46.0 Å². The number of fused-ring (bicyclic) bond motifs is 1. The van der Waals surface area contributed by atoms with E-state index in [9.17, 15) is 0 Å². The molecular weight excluding hydrogens is 252 g/mol. The van der Waals surface area contributed by atoms with Crippen LogP contribution < -0.4 is 11.3 Å². The number of hydrazine groups is 1. The van der Waals surface area contributed by atoms with Gasteiger partial charge >= 0.3 is 0 Å². The highest BCUT2D eigenvalue weighted by Crippen LogP contribution is 2.21. The summed E-state index contributed by atoms with van der Waals surface area (Å²) >= 11 is 0. The molecule has 3 heterocycles. The molecule has 6 heteroatoms. The molecule has 6 nitrogen and oxygen atoms in total. The van der Waals surface area contributed by atoms with Gasteiger partial charge in [-0.3, -0.25) is 16.0 Å². The fourth-order valence-corrected chi connectivity index (χ4v) is 2.40. The maximum absolute atomic E-state index is 5.73. The van der Waals surface area contributed by atoms with Crippen molar-refractivity contribution in [3.63, 3.8) is 0 Å². The third kappa shape index (κ3) is 2.31. The zero-order valence-corrected chi connectivity index (χ0v) is 11.4. The Kier molecular flexibility index (Phi) is 3.49. The fraction of sp³-hybridized carbons (Fsp3) is 0.286. The lowest BCUT2D eigenvalue weighted by atomic mass is 10.0. The van der Waals surface area contributed by atoms with Gasteiger partial charge < -0.3 is 0 Å². The molecule has 3 N–H and O–H groups in total. The Morgan fingerprint density at radius 3 is 2.95 bits per heavy atom. The highest BCUT2D eigenvalue weighted by Gasteiger charge is 2.16. The molecule has 20 heavy (non-hydrogen) atoms. The molecule has 0 aliphatic heterocycles. The number of aromatic nitrogens is 4. The monoisotopic (exact) mass is 270 g/mol. The van der Waals surface area contributed by atoms with Gasteiger partial charge in [0, 0.05) is 24.5 Å². The molecule has 0 radical (unpaired) electrons. The first-order chi connectivity index (χ1) is 9.81. The van der Waals surface area contributed by atoms with Gasteiger partial charge in [0.05, 0.1) is 24.0 Å². The minimum atomic E-state index is 0.0180. The molecule has 3 rings (SSSR count). The third-order valence-electron chi connectivity index (χ3n) is 3.48. The molecule has 0 saturated carbocycles. The number of nitrogens with one attached hydrogen (secondary N) is 1. The summed E-state index contributed by atoms with van der Waals surface area (Å²) in [6.07, 6.45) is 8.52. The second-order valence-electron chi connectivity index (χ2n) is 4.76. The van der Waals surface area contributed by atoms with E-state index in [1.165, 1.54) is 0 Å². The van der Waals surface area contributed by atoms with Crippen LogP contribution in [0.2, 0.25) is 0 Å². The molecule has 3 aromatic rings. The van der Waals surface area contributed by atoms with Gasteiger partial charge in [-0.2, -0.15) is 10.2 Å². The molecule has 104 valence electrons. The second kappa shape index (κ2) is 5.44. The summed E-state index contributed by atoms with van der Waals surface area (Å²) in [5, 5.41) is 8.64. The molecule has 1 unspecified atom stereocenters. The van der Waals surface area contributed by atoms with Crippen LogP contribution >= 0.6 is 0 Å². The van der Waals surface area contributed by atoms with E-state index in [2.05, 4.69) is 28.7 Å². The quantitative estimate of drug-likeness (QED) is 0.541. The molecule has 0 aliphatic rings. The summed E-state index contributed by atoms with van der Waals surface area (Å²) in [6, 6.07) is 6.02. The van der Waals surface area contributed by atoms with E-state index in [0.717, 1.165) is 29.6 Å². The molecule has 0 spiro atoms. The van der Waals surface area contributed by atoms with Gasteiger partial charge in [0.2, 0.25) is 0 Å². The number of nitrogens with two attached hydrogens (primary N) is 1. The molecule has 0 saturated heterocycles. The van der Waals surface area contributed by atoms with Crippen LogP contribution in [0.15, 0.2) is 43.0 Å². The highest BCUT2D eigenvalue weighted by molar-refractivity contribution is 5.55. The average Bonchev–Trinajstić information content (AvgIpc) is 3.11. The zero-order valence-electron chi connectivity index (χ0n) is 11.4. The molecular formula is C14H18N6. The number of hydrogen-bond acceptors (Lipinski definition) is 4. The molecule has 3 aromatic heterocycles. The van der Waals surface area contributed by atoms with Gasteiger partial charge in [-0.15, -0.1) is 0 Å². The standard InChI is InChI=1S/C14H18N6/c1-2-19-10-11(8-16-19)7-13(18-15)12-9-17-20-6-4-3-5-14(12)20/h3-6,8-10,13,18H,2,7,15H2,1H3. The number of hydrogen-bond donors (Lipinski definition) is 2. The second-order valence-corrected chi connectivity index (χ2v) is 4.76. The molecule has 0 aliphatic carbocycles. The van der Waals surface area contributed by atoms with Gasteiger partial charge in [-0.25, -0.2) is 4.52 Å². The summed E-state index contributed by atoms with van der Waals surface area (Å²) < 4.78 is 3.77. The fourth-order valence-electron chi connectivity index (χ4n) is 2.40. The van der Waals surface area contributed by atoms with Gasteiger partial charge in [0.15, 0.2) is 0 Å². The molecule has 1 atom stereocenters. The first kappa shape index (κ1) is 12.8. The molecule has 0 bridgehead atoms. The number of pyridine rings is 1. The Hall–Kier alpha value is -2.18. The number of aryl methyl sites for hydroxylation is 1. The van der Waals surface area contributed by atoms with Gasteiger partial charge in [-0.1, -0.05) is 6.07 Å². The topological polar surface area (TPSA) is 73.2 Å². The zero-order chi connectivity index (χ0) is 13.9. The van der Waals surface area contributed by atoms with Crippen LogP contribution in [0.3, 0.4) is 0 Å². The van der Waals surface area contributed by atoms with Crippen LogP contribution in [0.25, 0.3) is 5.52 Å². The Balaban J connectivity index is 1.89. The van der Waals surface area contributed by atoms with Crippen LogP contribution in [0, 0.1) is 0 Å². The Labute approximate surface area is 117 Å². The van der Waals surface area contributed by atoms with Gasteiger partial charge in [0.1, 0.15) is 0 Å². The van der Waals surface area contributed by atoms with Crippen LogP contribution in [0.1, 0.15) is 24.1 Å². The van der Waals surface area contributed by atoms with Crippen LogP contribution in [0.5, 0.6) is 0 Å². The summed E-state index contributed by atoms with van der Waals surface area (Å²) in [5.74, 6) is 5.73. The number of nitrogens with zero attached hydrogens (tertiary/aromatic N) is 4. The number of rotatable bonds is 5. The highest BCUT2D eigenvalue weighted by atomic mass is 15.3. The normalized spacial score (nSPS) is 12.9. The van der Waals surface area contributed by atoms with Crippen molar-refractivity contribution in [2.24, 2.45) is 5.84 Å². The predicted molar refractivity (Wildman–Crippen MR) is 76.9 cm³/mol. The predicted octanol–water partition coefficient (Wildman–Crippen LogP) is 1.30. The van der Waals surface area contributed by atoms with Crippen molar-refractivity contribution in [2.45, 2.75) is 25.9 Å². The van der Waals surface area contributed by atoms with E-state index in [4.69, 9.17) is 5.84 Å². The van der Waals surface area contributed by atoms with Crippen molar-refractivity contribution in [3.8, 4) is 0 Å². The van der Waals surface area contributed by atoms with Crippen molar-refractivity contribution in [2.75, 3.05) is 0 Å². The largest absolute Gasteiger partial charge is 0.273 e. The van der Waals surface area contributed by atoms with Gasteiger partial charge in [-0.05, 0) is 31.0 Å². The van der Waals surface area contributed by atoms with Crippen molar-refractivity contribution >= 4 is 5.52 Å². The van der Waals surface area contributed by atoms with Crippen molar-refractivity contribution < 1.29 is 0 Å².